The van der Waals surface area contributed by atoms with E-state index in [9.17, 15) is 4.79 Å². The SMILES string of the molecule is CNc1nnc(C(=O)NCC2Cc3ccccc32)s1. The van der Waals surface area contributed by atoms with Crippen molar-refractivity contribution >= 4 is 22.4 Å². The lowest BCUT2D eigenvalue weighted by Gasteiger charge is -2.29. The van der Waals surface area contributed by atoms with Gasteiger partial charge >= 0.3 is 0 Å². The van der Waals surface area contributed by atoms with Crippen LogP contribution in [-0.4, -0.2) is 29.7 Å². The van der Waals surface area contributed by atoms with Gasteiger partial charge in [-0.15, -0.1) is 10.2 Å². The monoisotopic (exact) mass is 274 g/mol. The predicted octanol–water partition coefficient (Wildman–Crippen LogP) is 1.65. The van der Waals surface area contributed by atoms with E-state index >= 15 is 0 Å². The maximum atomic E-state index is 11.9. The number of hydrogen-bond donors (Lipinski definition) is 2. The van der Waals surface area contributed by atoms with Crippen LogP contribution in [0.4, 0.5) is 5.13 Å². The molecule has 5 nitrogen and oxygen atoms in total. The van der Waals surface area contributed by atoms with Crippen LogP contribution in [0, 0.1) is 0 Å². The second-order valence-corrected chi connectivity index (χ2v) is 5.45. The van der Waals surface area contributed by atoms with E-state index in [0.29, 0.717) is 22.6 Å². The third-order valence-corrected chi connectivity index (χ3v) is 4.24. The highest BCUT2D eigenvalue weighted by molar-refractivity contribution is 7.17. The largest absolute Gasteiger partial charge is 0.363 e. The number of amides is 1. The average Bonchev–Trinajstić information content (AvgIpc) is 2.88. The number of hydrogen-bond acceptors (Lipinski definition) is 5. The number of carbonyl (C=O) groups excluding carboxylic acids is 1. The van der Waals surface area contributed by atoms with Crippen molar-refractivity contribution < 1.29 is 4.79 Å². The van der Waals surface area contributed by atoms with Gasteiger partial charge in [-0.1, -0.05) is 35.6 Å². The van der Waals surface area contributed by atoms with Crippen molar-refractivity contribution in [3.63, 3.8) is 0 Å². The first-order valence-corrected chi connectivity index (χ1v) is 6.97. The molecule has 98 valence electrons. The molecule has 0 saturated carbocycles. The van der Waals surface area contributed by atoms with Gasteiger partial charge in [0.15, 0.2) is 0 Å². The number of anilines is 1. The highest BCUT2D eigenvalue weighted by Crippen LogP contribution is 2.34. The zero-order valence-electron chi connectivity index (χ0n) is 10.5. The summed E-state index contributed by atoms with van der Waals surface area (Å²) in [6.07, 6.45) is 1.04. The summed E-state index contributed by atoms with van der Waals surface area (Å²) in [6.45, 7) is 0.657. The molecule has 1 atom stereocenters. The van der Waals surface area contributed by atoms with E-state index in [4.69, 9.17) is 0 Å². The Labute approximate surface area is 115 Å². The minimum atomic E-state index is -0.150. The van der Waals surface area contributed by atoms with Crippen LogP contribution in [0.1, 0.15) is 26.8 Å². The fourth-order valence-electron chi connectivity index (χ4n) is 2.25. The molecule has 0 bridgehead atoms. The Balaban J connectivity index is 1.58. The zero-order chi connectivity index (χ0) is 13.2. The van der Waals surface area contributed by atoms with Gasteiger partial charge in [0, 0.05) is 19.5 Å². The van der Waals surface area contributed by atoms with Crippen LogP contribution in [0.15, 0.2) is 24.3 Å². The molecule has 1 unspecified atom stereocenters. The summed E-state index contributed by atoms with van der Waals surface area (Å²) >= 11 is 1.26. The van der Waals surface area contributed by atoms with E-state index in [0.717, 1.165) is 6.42 Å². The van der Waals surface area contributed by atoms with Gasteiger partial charge in [-0.25, -0.2) is 0 Å². The molecule has 2 N–H and O–H groups in total. The van der Waals surface area contributed by atoms with Crippen molar-refractivity contribution in [2.45, 2.75) is 12.3 Å². The van der Waals surface area contributed by atoms with Gasteiger partial charge in [0.05, 0.1) is 0 Å². The van der Waals surface area contributed by atoms with Gasteiger partial charge in [0.2, 0.25) is 10.1 Å². The van der Waals surface area contributed by atoms with Crippen LogP contribution in [0.25, 0.3) is 0 Å². The van der Waals surface area contributed by atoms with E-state index in [-0.39, 0.29) is 5.91 Å². The molecule has 1 heterocycles. The van der Waals surface area contributed by atoms with Crippen molar-refractivity contribution in [1.29, 1.82) is 0 Å². The van der Waals surface area contributed by atoms with E-state index in [1.165, 1.54) is 22.5 Å². The highest BCUT2D eigenvalue weighted by atomic mass is 32.1. The topological polar surface area (TPSA) is 66.9 Å². The molecular formula is C13H14N4OS. The molecule has 0 aliphatic heterocycles. The Bertz CT molecular complexity index is 610. The molecule has 0 radical (unpaired) electrons. The lowest BCUT2D eigenvalue weighted by atomic mass is 9.77. The minimum absolute atomic E-state index is 0.150. The summed E-state index contributed by atoms with van der Waals surface area (Å²) in [6, 6.07) is 8.35. The van der Waals surface area contributed by atoms with Crippen LogP contribution >= 0.6 is 11.3 Å². The lowest BCUT2D eigenvalue weighted by Crippen LogP contribution is -2.33. The molecule has 1 aromatic carbocycles. The van der Waals surface area contributed by atoms with Crippen molar-refractivity contribution in [2.75, 3.05) is 18.9 Å². The van der Waals surface area contributed by atoms with Crippen molar-refractivity contribution in [3.8, 4) is 0 Å². The average molecular weight is 274 g/mol. The smallest absolute Gasteiger partial charge is 0.282 e. The van der Waals surface area contributed by atoms with Gasteiger partial charge in [0.1, 0.15) is 0 Å². The number of benzene rings is 1. The number of nitrogens with zero attached hydrogens (tertiary/aromatic N) is 2. The van der Waals surface area contributed by atoms with Gasteiger partial charge < -0.3 is 10.6 Å². The number of nitrogens with one attached hydrogen (secondary N) is 2. The molecule has 1 aliphatic rings. The van der Waals surface area contributed by atoms with Crippen LogP contribution < -0.4 is 10.6 Å². The number of aromatic nitrogens is 2. The quantitative estimate of drug-likeness (QED) is 0.889. The maximum Gasteiger partial charge on any atom is 0.282 e. The van der Waals surface area contributed by atoms with Gasteiger partial charge in [-0.2, -0.15) is 0 Å². The fourth-order valence-corrected chi connectivity index (χ4v) is 2.87. The summed E-state index contributed by atoms with van der Waals surface area (Å²) in [4.78, 5) is 11.9. The Morgan fingerprint density at radius 2 is 2.26 bits per heavy atom. The van der Waals surface area contributed by atoms with Crippen molar-refractivity contribution in [3.05, 3.63) is 40.4 Å². The second-order valence-electron chi connectivity index (χ2n) is 4.47. The Hall–Kier alpha value is -1.95. The number of carbonyl (C=O) groups is 1. The number of rotatable bonds is 4. The van der Waals surface area contributed by atoms with E-state index in [1.54, 1.807) is 7.05 Å². The molecule has 0 spiro atoms. The van der Waals surface area contributed by atoms with Crippen LogP contribution in [0.2, 0.25) is 0 Å². The van der Waals surface area contributed by atoms with Crippen LogP contribution in [0.3, 0.4) is 0 Å². The summed E-state index contributed by atoms with van der Waals surface area (Å²) in [5.74, 6) is 0.278. The summed E-state index contributed by atoms with van der Waals surface area (Å²) in [5.41, 5.74) is 2.73. The first-order valence-electron chi connectivity index (χ1n) is 6.15. The third-order valence-electron chi connectivity index (χ3n) is 3.30. The minimum Gasteiger partial charge on any atom is -0.363 e. The van der Waals surface area contributed by atoms with E-state index in [2.05, 4.69) is 33.0 Å². The second kappa shape index (κ2) is 4.97. The maximum absolute atomic E-state index is 11.9. The Morgan fingerprint density at radius 3 is 3.00 bits per heavy atom. The standard InChI is InChI=1S/C13H14N4OS/c1-14-13-17-16-12(19-13)11(18)15-7-9-6-8-4-2-3-5-10(8)9/h2-5,9H,6-7H2,1H3,(H,14,17)(H,15,18). The molecule has 0 fully saturated rings. The van der Waals surface area contributed by atoms with Crippen LogP contribution in [-0.2, 0) is 6.42 Å². The van der Waals surface area contributed by atoms with Crippen molar-refractivity contribution in [1.82, 2.24) is 15.5 Å². The van der Waals surface area contributed by atoms with E-state index < -0.39 is 0 Å². The Kier molecular flexibility index (Phi) is 3.16. The van der Waals surface area contributed by atoms with Crippen molar-refractivity contribution in [2.24, 2.45) is 0 Å². The first kappa shape index (κ1) is 12.1. The van der Waals surface area contributed by atoms with Gasteiger partial charge in [0.25, 0.3) is 5.91 Å². The molecule has 2 aromatic rings. The lowest BCUT2D eigenvalue weighted by molar-refractivity contribution is 0.0949. The predicted molar refractivity (Wildman–Crippen MR) is 74.7 cm³/mol. The molecule has 1 amide bonds. The molecule has 19 heavy (non-hydrogen) atoms. The van der Waals surface area contributed by atoms with E-state index in [1.807, 2.05) is 12.1 Å². The normalized spacial score (nSPS) is 16.4. The Morgan fingerprint density at radius 1 is 1.42 bits per heavy atom. The summed E-state index contributed by atoms with van der Waals surface area (Å²) < 4.78 is 0. The zero-order valence-corrected chi connectivity index (χ0v) is 11.3. The van der Waals surface area contributed by atoms with Gasteiger partial charge in [-0.05, 0) is 17.5 Å². The third kappa shape index (κ3) is 2.31. The molecule has 1 aromatic heterocycles. The summed E-state index contributed by atoms with van der Waals surface area (Å²) in [7, 11) is 1.76. The van der Waals surface area contributed by atoms with Crippen LogP contribution in [0.5, 0.6) is 0 Å². The fraction of sp³-hybridized carbons (Fsp3) is 0.308. The molecular weight excluding hydrogens is 260 g/mol. The molecule has 6 heteroatoms. The highest BCUT2D eigenvalue weighted by Gasteiger charge is 2.26. The molecule has 1 aliphatic carbocycles. The number of fused-ring (bicyclic) bond motifs is 1. The first-order chi connectivity index (χ1) is 9.28. The molecule has 0 saturated heterocycles. The van der Waals surface area contributed by atoms with Gasteiger partial charge in [-0.3, -0.25) is 4.79 Å². The molecule has 3 rings (SSSR count). The summed E-state index contributed by atoms with van der Waals surface area (Å²) in [5, 5.41) is 14.5.